The number of carboxylic acid groups (broad SMARTS) is 1. The molecule has 3 amide bonds. The van der Waals surface area contributed by atoms with Crippen molar-refractivity contribution >= 4 is 35.5 Å². The van der Waals surface area contributed by atoms with Crippen LogP contribution in [0.25, 0.3) is 0 Å². The number of fused-ring (bicyclic) bond motifs is 3. The Morgan fingerprint density at radius 3 is 2.58 bits per heavy atom. The number of hydrogen-bond acceptors (Lipinski definition) is 5. The second-order valence-corrected chi connectivity index (χ2v) is 7.41. The fourth-order valence-corrected chi connectivity index (χ4v) is 4.48. The Morgan fingerprint density at radius 2 is 1.88 bits per heavy atom. The molecular weight excluding hydrogens is 358 g/mol. The number of amides is 3. The van der Waals surface area contributed by atoms with Crippen LogP contribution in [-0.2, 0) is 14.4 Å². The zero-order chi connectivity index (χ0) is 19.0. The predicted molar refractivity (Wildman–Crippen MR) is 94.4 cm³/mol. The number of carbonyl (C=O) groups excluding carboxylic acids is 3. The number of nitrogens with one attached hydrogen (secondary N) is 2. The standard InChI is InChI=1S/C17H19N3O5S/c1-8(13(21)19-9(2)17(24)25)18-14(22)12-7-26-16-11-6-4-3-5-10(11)15(23)20(12)16/h3-6,8-9,12,16H,7H2,1-2H3,(H,18,22)(H,19,21)(H,24,25). The van der Waals surface area contributed by atoms with E-state index >= 15 is 0 Å². The predicted octanol–water partition coefficient (Wildman–Crippen LogP) is 0.350. The lowest BCUT2D eigenvalue weighted by molar-refractivity contribution is -0.141. The van der Waals surface area contributed by atoms with Gasteiger partial charge in [0, 0.05) is 11.3 Å². The summed E-state index contributed by atoms with van der Waals surface area (Å²) in [7, 11) is 0. The molecule has 4 unspecified atom stereocenters. The zero-order valence-corrected chi connectivity index (χ0v) is 15.1. The van der Waals surface area contributed by atoms with Gasteiger partial charge in [0.25, 0.3) is 5.91 Å². The molecule has 2 aliphatic rings. The molecule has 4 atom stereocenters. The molecule has 0 saturated carbocycles. The van der Waals surface area contributed by atoms with Crippen molar-refractivity contribution < 1.29 is 24.3 Å². The van der Waals surface area contributed by atoms with Gasteiger partial charge in [0.05, 0.1) is 0 Å². The number of hydrogen-bond donors (Lipinski definition) is 3. The lowest BCUT2D eigenvalue weighted by Gasteiger charge is -2.24. The van der Waals surface area contributed by atoms with Crippen LogP contribution in [0.15, 0.2) is 24.3 Å². The minimum absolute atomic E-state index is 0.188. The Balaban J connectivity index is 1.66. The summed E-state index contributed by atoms with van der Waals surface area (Å²) in [5.41, 5.74) is 1.50. The van der Waals surface area contributed by atoms with Crippen LogP contribution in [0.4, 0.5) is 0 Å². The Hall–Kier alpha value is -2.55. The maximum Gasteiger partial charge on any atom is 0.325 e. The number of thioether (sulfide) groups is 1. The van der Waals surface area contributed by atoms with Gasteiger partial charge in [-0.3, -0.25) is 19.2 Å². The first-order chi connectivity index (χ1) is 12.3. The van der Waals surface area contributed by atoms with Crippen molar-refractivity contribution in [3.8, 4) is 0 Å². The van der Waals surface area contributed by atoms with Crippen molar-refractivity contribution in [2.24, 2.45) is 0 Å². The van der Waals surface area contributed by atoms with Gasteiger partial charge in [-0.2, -0.15) is 0 Å². The fourth-order valence-electron chi connectivity index (χ4n) is 3.02. The van der Waals surface area contributed by atoms with Gasteiger partial charge in [0.2, 0.25) is 11.8 Å². The van der Waals surface area contributed by atoms with E-state index in [-0.39, 0.29) is 11.3 Å². The highest BCUT2D eigenvalue weighted by atomic mass is 32.2. The molecule has 2 heterocycles. The van der Waals surface area contributed by atoms with Crippen LogP contribution in [-0.4, -0.2) is 57.6 Å². The maximum absolute atomic E-state index is 12.6. The van der Waals surface area contributed by atoms with E-state index in [1.54, 1.807) is 17.0 Å². The van der Waals surface area contributed by atoms with Crippen LogP contribution in [0.5, 0.6) is 0 Å². The van der Waals surface area contributed by atoms with Crippen molar-refractivity contribution in [1.82, 2.24) is 15.5 Å². The molecule has 138 valence electrons. The van der Waals surface area contributed by atoms with Gasteiger partial charge in [-0.15, -0.1) is 11.8 Å². The van der Waals surface area contributed by atoms with Crippen LogP contribution < -0.4 is 10.6 Å². The summed E-state index contributed by atoms with van der Waals surface area (Å²) >= 11 is 1.51. The van der Waals surface area contributed by atoms with E-state index < -0.39 is 35.9 Å². The van der Waals surface area contributed by atoms with Gasteiger partial charge in [0.1, 0.15) is 23.5 Å². The Bertz CT molecular complexity index is 783. The number of carboxylic acids is 1. The Labute approximate surface area is 154 Å². The van der Waals surface area contributed by atoms with Crippen LogP contribution in [0.1, 0.15) is 35.1 Å². The van der Waals surface area contributed by atoms with Crippen molar-refractivity contribution in [3.05, 3.63) is 35.4 Å². The molecule has 0 aliphatic carbocycles. The summed E-state index contributed by atoms with van der Waals surface area (Å²) in [6, 6.07) is 4.64. The van der Waals surface area contributed by atoms with E-state index in [1.165, 1.54) is 25.6 Å². The molecule has 0 radical (unpaired) electrons. The van der Waals surface area contributed by atoms with Gasteiger partial charge >= 0.3 is 5.97 Å². The Morgan fingerprint density at radius 1 is 1.19 bits per heavy atom. The van der Waals surface area contributed by atoms with Crippen LogP contribution in [0, 0.1) is 0 Å². The van der Waals surface area contributed by atoms with Crippen molar-refractivity contribution in [3.63, 3.8) is 0 Å². The van der Waals surface area contributed by atoms with Crippen molar-refractivity contribution in [2.75, 3.05) is 5.75 Å². The Kier molecular flexibility index (Phi) is 4.90. The molecule has 1 saturated heterocycles. The van der Waals surface area contributed by atoms with Crippen LogP contribution >= 0.6 is 11.8 Å². The third kappa shape index (κ3) is 3.14. The molecule has 3 rings (SSSR count). The molecular formula is C17H19N3O5S. The molecule has 26 heavy (non-hydrogen) atoms. The van der Waals surface area contributed by atoms with Gasteiger partial charge in [-0.05, 0) is 25.5 Å². The van der Waals surface area contributed by atoms with Crippen LogP contribution in [0.2, 0.25) is 0 Å². The van der Waals surface area contributed by atoms with E-state index in [2.05, 4.69) is 10.6 Å². The molecule has 3 N–H and O–H groups in total. The number of benzene rings is 1. The number of aliphatic carboxylic acids is 1. The van der Waals surface area contributed by atoms with Gasteiger partial charge < -0.3 is 20.6 Å². The third-order valence-electron chi connectivity index (χ3n) is 4.48. The maximum atomic E-state index is 12.6. The number of nitrogens with zero attached hydrogens (tertiary/aromatic N) is 1. The fraction of sp³-hybridized carbons (Fsp3) is 0.412. The van der Waals surface area contributed by atoms with E-state index in [0.29, 0.717) is 11.3 Å². The minimum Gasteiger partial charge on any atom is -0.480 e. The topological polar surface area (TPSA) is 116 Å². The largest absolute Gasteiger partial charge is 0.480 e. The summed E-state index contributed by atoms with van der Waals surface area (Å²) in [5.74, 6) is -1.92. The highest BCUT2D eigenvalue weighted by molar-refractivity contribution is 7.99. The summed E-state index contributed by atoms with van der Waals surface area (Å²) in [6.07, 6.45) is 0. The van der Waals surface area contributed by atoms with Crippen molar-refractivity contribution in [1.29, 1.82) is 0 Å². The molecule has 2 aliphatic heterocycles. The first kappa shape index (κ1) is 18.2. The van der Waals surface area contributed by atoms with E-state index in [9.17, 15) is 19.2 Å². The molecule has 1 aromatic carbocycles. The summed E-state index contributed by atoms with van der Waals surface area (Å²) in [5, 5.41) is 13.5. The highest BCUT2D eigenvalue weighted by Crippen LogP contribution is 2.48. The summed E-state index contributed by atoms with van der Waals surface area (Å²) in [6.45, 7) is 2.81. The van der Waals surface area contributed by atoms with Crippen molar-refractivity contribution in [2.45, 2.75) is 37.3 Å². The summed E-state index contributed by atoms with van der Waals surface area (Å²) in [4.78, 5) is 49.6. The average Bonchev–Trinajstić information content (AvgIpc) is 3.15. The molecule has 0 aromatic heterocycles. The first-order valence-corrected chi connectivity index (χ1v) is 9.23. The molecule has 0 bridgehead atoms. The van der Waals surface area contributed by atoms with Gasteiger partial charge in [-0.25, -0.2) is 0 Å². The van der Waals surface area contributed by atoms with E-state index in [4.69, 9.17) is 5.11 Å². The van der Waals surface area contributed by atoms with Gasteiger partial charge in [-0.1, -0.05) is 18.2 Å². The first-order valence-electron chi connectivity index (χ1n) is 8.18. The molecule has 0 spiro atoms. The average molecular weight is 377 g/mol. The lowest BCUT2D eigenvalue weighted by Crippen LogP contribution is -2.54. The van der Waals surface area contributed by atoms with Crippen LogP contribution in [0.3, 0.4) is 0 Å². The molecule has 9 heteroatoms. The number of carbonyl (C=O) groups is 4. The SMILES string of the molecule is CC(NC(=O)C(C)NC(=O)C1CSC2c3ccccc3C(=O)N12)C(=O)O. The summed E-state index contributed by atoms with van der Waals surface area (Å²) < 4.78 is 0. The molecule has 1 aromatic rings. The monoisotopic (exact) mass is 377 g/mol. The van der Waals surface area contributed by atoms with E-state index in [1.807, 2.05) is 12.1 Å². The second kappa shape index (κ2) is 6.99. The lowest BCUT2D eigenvalue weighted by atomic mass is 10.1. The van der Waals surface area contributed by atoms with Gasteiger partial charge in [0.15, 0.2) is 0 Å². The number of rotatable bonds is 5. The minimum atomic E-state index is -1.16. The zero-order valence-electron chi connectivity index (χ0n) is 14.3. The second-order valence-electron chi connectivity index (χ2n) is 6.30. The van der Waals surface area contributed by atoms with E-state index in [0.717, 1.165) is 5.56 Å². The molecule has 8 nitrogen and oxygen atoms in total. The smallest absolute Gasteiger partial charge is 0.325 e. The quantitative estimate of drug-likeness (QED) is 0.682. The normalized spacial score (nSPS) is 23.0. The highest BCUT2D eigenvalue weighted by Gasteiger charge is 2.48. The third-order valence-corrected chi connectivity index (χ3v) is 5.78. The molecule has 1 fully saturated rings.